The zero-order chi connectivity index (χ0) is 23.9. The molecule has 0 radical (unpaired) electrons. The second kappa shape index (κ2) is 15.1. The van der Waals surface area contributed by atoms with Crippen molar-refractivity contribution in [2.24, 2.45) is 4.99 Å². The van der Waals surface area contributed by atoms with Crippen LogP contribution in [-0.2, 0) is 4.74 Å². The molecule has 0 aromatic heterocycles. The topological polar surface area (TPSA) is 69.6 Å². The average Bonchev–Trinajstić information content (AvgIpc) is 2.82. The lowest BCUT2D eigenvalue weighted by atomic mass is 10.2. The molecule has 178 valence electrons. The van der Waals surface area contributed by atoms with Crippen molar-refractivity contribution in [2.75, 3.05) is 45.3 Å². The molecular weight excluding hydrogens is 436 g/mol. The summed E-state index contributed by atoms with van der Waals surface area (Å²) in [5, 5.41) is 17.7. The van der Waals surface area contributed by atoms with E-state index in [1.54, 1.807) is 19.5 Å². The molecule has 0 amide bonds. The summed E-state index contributed by atoms with van der Waals surface area (Å²) in [5.41, 5.74) is 2.70. The van der Waals surface area contributed by atoms with Crippen LogP contribution in [0.2, 0.25) is 0 Å². The van der Waals surface area contributed by atoms with Crippen LogP contribution in [0.25, 0.3) is 0 Å². The van der Waals surface area contributed by atoms with Crippen LogP contribution in [-0.4, -0.2) is 61.8 Å². The Bertz CT molecular complexity index is 885. The van der Waals surface area contributed by atoms with E-state index in [0.717, 1.165) is 65.6 Å². The maximum Gasteiger partial charge on any atom is 0.119 e. The Balaban J connectivity index is 2.18. The average molecular weight is 471 g/mol. The first-order chi connectivity index (χ1) is 16.0. The van der Waals surface area contributed by atoms with Gasteiger partial charge in [-0.15, -0.1) is 0 Å². The maximum atomic E-state index is 10.7. The van der Waals surface area contributed by atoms with Gasteiger partial charge < -0.3 is 14.8 Å². The molecule has 1 heterocycles. The zero-order valence-corrected chi connectivity index (χ0v) is 20.4. The molecule has 1 aliphatic rings. The number of hydrogen-bond acceptors (Lipinski definition) is 8. The summed E-state index contributed by atoms with van der Waals surface area (Å²) in [6.45, 7) is 11.3. The highest BCUT2D eigenvalue weighted by Gasteiger charge is 2.11. The summed E-state index contributed by atoms with van der Waals surface area (Å²) in [7, 11) is 1.64. The Labute approximate surface area is 201 Å². The predicted octanol–water partition coefficient (Wildman–Crippen LogP) is 5.24. The van der Waals surface area contributed by atoms with Crippen LogP contribution in [0, 0.1) is 0 Å². The summed E-state index contributed by atoms with van der Waals surface area (Å²) < 4.78 is 10.7. The molecule has 2 rings (SSSR count). The summed E-state index contributed by atoms with van der Waals surface area (Å²) in [6, 6.07) is 7.60. The molecule has 0 unspecified atom stereocenters. The number of anilines is 1. The standard InChI is InChI=1S/C25H34N4O3S/c1-5-7-22(18-28-13-15-32-16-14-28)19-29(30)20-25(33-17-6-8-21(2)26-3)27-23-9-11-24(31-4)12-10-23/h5-12,17,19-20,27,30H,3,13-16,18H2,1-2,4H3/b7-5-,17-6+,21-8+,22-19+,25-20-. The summed E-state index contributed by atoms with van der Waals surface area (Å²) in [4.78, 5) is 6.18. The van der Waals surface area contributed by atoms with Gasteiger partial charge in [-0.05, 0) is 61.9 Å². The number of nitrogens with one attached hydrogen (secondary N) is 1. The van der Waals surface area contributed by atoms with Gasteiger partial charge >= 0.3 is 0 Å². The highest BCUT2D eigenvalue weighted by Crippen LogP contribution is 2.23. The van der Waals surface area contributed by atoms with Crippen molar-refractivity contribution in [3.63, 3.8) is 0 Å². The van der Waals surface area contributed by atoms with E-state index < -0.39 is 0 Å². The first-order valence-electron chi connectivity index (χ1n) is 10.7. The Hall–Kier alpha value is -2.78. The van der Waals surface area contributed by atoms with Crippen molar-refractivity contribution in [3.05, 3.63) is 82.7 Å². The molecule has 0 saturated carbocycles. The second-order valence-electron chi connectivity index (χ2n) is 7.23. The van der Waals surface area contributed by atoms with Crippen LogP contribution >= 0.6 is 11.8 Å². The number of nitrogens with zero attached hydrogens (tertiary/aromatic N) is 3. The number of hydroxylamine groups is 2. The molecule has 1 aromatic carbocycles. The van der Waals surface area contributed by atoms with Gasteiger partial charge in [0.05, 0.1) is 31.6 Å². The van der Waals surface area contributed by atoms with E-state index in [2.05, 4.69) is 21.9 Å². The van der Waals surface area contributed by atoms with Gasteiger partial charge in [0.2, 0.25) is 0 Å². The molecule has 1 aromatic rings. The fourth-order valence-electron chi connectivity index (χ4n) is 2.95. The molecule has 1 fully saturated rings. The van der Waals surface area contributed by atoms with Crippen LogP contribution in [0.1, 0.15) is 13.8 Å². The summed E-state index contributed by atoms with van der Waals surface area (Å²) in [6.07, 6.45) is 11.1. The Morgan fingerprint density at radius 2 is 2.03 bits per heavy atom. The molecule has 8 heteroatoms. The van der Waals surface area contributed by atoms with Crippen LogP contribution in [0.5, 0.6) is 5.75 Å². The monoisotopic (exact) mass is 470 g/mol. The highest BCUT2D eigenvalue weighted by atomic mass is 32.2. The fraction of sp³-hybridized carbons (Fsp3) is 0.320. The molecule has 0 bridgehead atoms. The van der Waals surface area contributed by atoms with E-state index in [0.29, 0.717) is 0 Å². The molecule has 0 atom stereocenters. The minimum atomic E-state index is 0.735. The molecule has 0 aliphatic carbocycles. The minimum Gasteiger partial charge on any atom is -0.497 e. The lowest BCUT2D eigenvalue weighted by Crippen LogP contribution is -2.37. The second-order valence-corrected chi connectivity index (χ2v) is 8.18. The smallest absolute Gasteiger partial charge is 0.119 e. The number of benzene rings is 1. The van der Waals surface area contributed by atoms with Crippen molar-refractivity contribution < 1.29 is 14.7 Å². The Morgan fingerprint density at radius 3 is 2.67 bits per heavy atom. The minimum absolute atomic E-state index is 0.735. The number of allylic oxidation sites excluding steroid dienone is 4. The van der Waals surface area contributed by atoms with E-state index in [1.807, 2.05) is 67.8 Å². The molecule has 0 spiro atoms. The summed E-state index contributed by atoms with van der Waals surface area (Å²) in [5.74, 6) is 0.780. The van der Waals surface area contributed by atoms with Gasteiger partial charge in [0.15, 0.2) is 0 Å². The largest absolute Gasteiger partial charge is 0.497 e. The highest BCUT2D eigenvalue weighted by molar-refractivity contribution is 8.05. The molecule has 33 heavy (non-hydrogen) atoms. The SMILES string of the molecule is C=N/C(C)=C/C=C/S/C(=C\N(O)/C=C(\C=C/C)CN1CCOCC1)Nc1ccc(OC)cc1. The molecule has 1 saturated heterocycles. The number of rotatable bonds is 12. The van der Waals surface area contributed by atoms with E-state index in [9.17, 15) is 5.21 Å². The lowest BCUT2D eigenvalue weighted by Gasteiger charge is -2.27. The van der Waals surface area contributed by atoms with Gasteiger partial charge in [-0.3, -0.25) is 15.1 Å². The number of morpholine rings is 1. The van der Waals surface area contributed by atoms with Crippen LogP contribution in [0.4, 0.5) is 5.69 Å². The zero-order valence-electron chi connectivity index (χ0n) is 19.6. The number of hydrogen-bond donors (Lipinski definition) is 2. The Morgan fingerprint density at radius 1 is 1.30 bits per heavy atom. The maximum absolute atomic E-state index is 10.7. The first kappa shape index (κ1) is 26.5. The van der Waals surface area contributed by atoms with Crippen LogP contribution in [0.3, 0.4) is 0 Å². The van der Waals surface area contributed by atoms with E-state index >= 15 is 0 Å². The third kappa shape index (κ3) is 10.6. The number of ether oxygens (including phenoxy) is 2. The normalized spacial score (nSPS) is 16.4. The molecule has 2 N–H and O–H groups in total. The Kier molecular flexibility index (Phi) is 12.1. The van der Waals surface area contributed by atoms with Gasteiger partial charge in [-0.1, -0.05) is 30.0 Å². The fourth-order valence-corrected chi connectivity index (χ4v) is 3.60. The lowest BCUT2D eigenvalue weighted by molar-refractivity contribution is 0.00909. The van der Waals surface area contributed by atoms with Crippen LogP contribution < -0.4 is 10.1 Å². The number of aliphatic imine (C=N–C) groups is 1. The molecular formula is C25H34N4O3S. The van der Waals surface area contributed by atoms with Gasteiger partial charge in [-0.25, -0.2) is 5.06 Å². The van der Waals surface area contributed by atoms with E-state index in [4.69, 9.17) is 9.47 Å². The van der Waals surface area contributed by atoms with Gasteiger partial charge in [0, 0.05) is 37.2 Å². The van der Waals surface area contributed by atoms with Crippen molar-refractivity contribution >= 4 is 24.2 Å². The predicted molar refractivity (Wildman–Crippen MR) is 139 cm³/mol. The van der Waals surface area contributed by atoms with Gasteiger partial charge in [0.1, 0.15) is 5.75 Å². The van der Waals surface area contributed by atoms with Crippen molar-refractivity contribution in [1.82, 2.24) is 9.96 Å². The van der Waals surface area contributed by atoms with E-state index in [1.165, 1.54) is 11.8 Å². The third-order valence-corrected chi connectivity index (χ3v) is 5.41. The summed E-state index contributed by atoms with van der Waals surface area (Å²) >= 11 is 1.44. The quantitative estimate of drug-likeness (QED) is 0.246. The number of thioether (sulfide) groups is 1. The first-order valence-corrected chi connectivity index (χ1v) is 11.6. The molecule has 1 aliphatic heterocycles. The van der Waals surface area contributed by atoms with E-state index in [-0.39, 0.29) is 0 Å². The van der Waals surface area contributed by atoms with Gasteiger partial charge in [0.25, 0.3) is 0 Å². The third-order valence-electron chi connectivity index (χ3n) is 4.66. The van der Waals surface area contributed by atoms with Crippen molar-refractivity contribution in [3.8, 4) is 5.75 Å². The molecule has 7 nitrogen and oxygen atoms in total. The van der Waals surface area contributed by atoms with Gasteiger partial charge in [-0.2, -0.15) is 0 Å². The van der Waals surface area contributed by atoms with Crippen LogP contribution in [0.15, 0.2) is 87.7 Å². The number of methoxy groups -OCH3 is 1. The van der Waals surface area contributed by atoms with Crippen molar-refractivity contribution in [2.45, 2.75) is 13.8 Å². The van der Waals surface area contributed by atoms with Crippen molar-refractivity contribution in [1.29, 1.82) is 0 Å².